The van der Waals surface area contributed by atoms with Crippen molar-refractivity contribution in [1.29, 1.82) is 0 Å². The number of hydrogen-bond acceptors (Lipinski definition) is 6. The van der Waals surface area contributed by atoms with E-state index in [4.69, 9.17) is 9.47 Å². The van der Waals surface area contributed by atoms with Crippen LogP contribution in [0.5, 0.6) is 0 Å². The SMILES string of the molecule is CC1CSSC2(O1)OC(C)CSS2. The summed E-state index contributed by atoms with van der Waals surface area (Å²) >= 11 is 0. The molecule has 2 fully saturated rings. The molecule has 0 N–H and O–H groups in total. The smallest absolute Gasteiger partial charge is 0.290 e. The first kappa shape index (κ1) is 10.8. The van der Waals surface area contributed by atoms with E-state index in [-0.39, 0.29) is 0 Å². The van der Waals surface area contributed by atoms with Crippen molar-refractivity contribution >= 4 is 43.2 Å². The molecule has 13 heavy (non-hydrogen) atoms. The van der Waals surface area contributed by atoms with E-state index in [0.717, 1.165) is 11.5 Å². The average Bonchev–Trinajstić information content (AvgIpc) is 2.02. The third kappa shape index (κ3) is 2.66. The second kappa shape index (κ2) is 4.45. The van der Waals surface area contributed by atoms with Crippen molar-refractivity contribution in [2.75, 3.05) is 11.5 Å². The molecular formula is C7H12O2S4. The van der Waals surface area contributed by atoms with E-state index >= 15 is 0 Å². The molecule has 2 aliphatic heterocycles. The first-order valence-corrected chi connectivity index (χ1v) is 8.81. The zero-order valence-corrected chi connectivity index (χ0v) is 10.8. The summed E-state index contributed by atoms with van der Waals surface area (Å²) in [5, 5.41) is 0. The molecule has 0 radical (unpaired) electrons. The summed E-state index contributed by atoms with van der Waals surface area (Å²) in [4.78, 5) is 0. The van der Waals surface area contributed by atoms with Gasteiger partial charge in [-0.3, -0.25) is 0 Å². The Balaban J connectivity index is 2.00. The zero-order valence-electron chi connectivity index (χ0n) is 7.52. The van der Waals surface area contributed by atoms with Gasteiger partial charge in [-0.1, -0.05) is 21.6 Å². The van der Waals surface area contributed by atoms with Crippen LogP contribution in [0, 0.1) is 0 Å². The maximum Gasteiger partial charge on any atom is 0.290 e. The fraction of sp³-hybridized carbons (Fsp3) is 1.00. The highest BCUT2D eigenvalue weighted by Gasteiger charge is 2.44. The number of ether oxygens (including phenoxy) is 2. The molecule has 0 aromatic carbocycles. The first-order valence-electron chi connectivity index (χ1n) is 4.17. The molecule has 0 aliphatic carbocycles. The zero-order chi connectivity index (χ0) is 9.31. The maximum atomic E-state index is 5.85. The molecule has 0 saturated carbocycles. The van der Waals surface area contributed by atoms with E-state index in [1.54, 1.807) is 21.6 Å². The fourth-order valence-electron chi connectivity index (χ4n) is 1.09. The summed E-state index contributed by atoms with van der Waals surface area (Å²) < 4.78 is 11.3. The lowest BCUT2D eigenvalue weighted by Gasteiger charge is -2.41. The van der Waals surface area contributed by atoms with Crippen LogP contribution in [-0.4, -0.2) is 28.2 Å². The van der Waals surface area contributed by atoms with E-state index in [9.17, 15) is 0 Å². The van der Waals surface area contributed by atoms with E-state index < -0.39 is 4.45 Å². The summed E-state index contributed by atoms with van der Waals surface area (Å²) in [7, 11) is 7.10. The van der Waals surface area contributed by atoms with Crippen molar-refractivity contribution in [3.05, 3.63) is 0 Å². The summed E-state index contributed by atoms with van der Waals surface area (Å²) in [6.45, 7) is 4.20. The quantitative estimate of drug-likeness (QED) is 0.615. The predicted octanol–water partition coefficient (Wildman–Crippen LogP) is 3.20. The Kier molecular flexibility index (Phi) is 3.70. The van der Waals surface area contributed by atoms with Crippen LogP contribution >= 0.6 is 43.2 Å². The Morgan fingerprint density at radius 2 is 1.46 bits per heavy atom. The molecule has 2 atom stereocenters. The van der Waals surface area contributed by atoms with Gasteiger partial charge >= 0.3 is 0 Å². The topological polar surface area (TPSA) is 18.5 Å². The van der Waals surface area contributed by atoms with E-state index in [1.807, 2.05) is 21.6 Å². The molecular weight excluding hydrogens is 244 g/mol. The molecule has 2 heterocycles. The van der Waals surface area contributed by atoms with Crippen LogP contribution in [0.3, 0.4) is 0 Å². The largest absolute Gasteiger partial charge is 0.328 e. The standard InChI is InChI=1S/C7H12O2S4/c1-5-3-10-12-7(8-5)9-6(2)4-11-13-7/h5-6H,3-4H2,1-2H3. The normalized spacial score (nSPS) is 46.6. The number of hydrogen-bond donors (Lipinski definition) is 0. The average molecular weight is 256 g/mol. The van der Waals surface area contributed by atoms with Crippen LogP contribution in [-0.2, 0) is 9.47 Å². The molecule has 2 rings (SSSR count). The van der Waals surface area contributed by atoms with Gasteiger partial charge in [-0.05, 0) is 35.4 Å². The van der Waals surface area contributed by atoms with Gasteiger partial charge in [0.15, 0.2) is 0 Å². The third-order valence-electron chi connectivity index (χ3n) is 1.62. The van der Waals surface area contributed by atoms with Gasteiger partial charge in [0, 0.05) is 11.5 Å². The van der Waals surface area contributed by atoms with Crippen LogP contribution in [0.25, 0.3) is 0 Å². The van der Waals surface area contributed by atoms with Crippen molar-refractivity contribution < 1.29 is 9.47 Å². The minimum atomic E-state index is -0.440. The second-order valence-electron chi connectivity index (χ2n) is 3.09. The molecule has 0 bridgehead atoms. The molecule has 2 aliphatic rings. The highest BCUT2D eigenvalue weighted by atomic mass is 33.1. The monoisotopic (exact) mass is 256 g/mol. The fourth-order valence-corrected chi connectivity index (χ4v) is 7.72. The molecule has 0 aromatic heterocycles. The predicted molar refractivity (Wildman–Crippen MR) is 63.9 cm³/mol. The van der Waals surface area contributed by atoms with Crippen LogP contribution in [0.4, 0.5) is 0 Å². The Morgan fingerprint density at radius 3 is 1.85 bits per heavy atom. The third-order valence-corrected chi connectivity index (χ3v) is 7.83. The van der Waals surface area contributed by atoms with Gasteiger partial charge in [0.2, 0.25) is 0 Å². The molecule has 6 heteroatoms. The molecule has 2 saturated heterocycles. The lowest BCUT2D eigenvalue weighted by atomic mass is 10.5. The summed E-state index contributed by atoms with van der Waals surface area (Å²) in [6, 6.07) is 0. The van der Waals surface area contributed by atoms with Gasteiger partial charge in [0.05, 0.1) is 12.2 Å². The van der Waals surface area contributed by atoms with E-state index in [0.29, 0.717) is 12.2 Å². The van der Waals surface area contributed by atoms with Crippen molar-refractivity contribution in [2.24, 2.45) is 0 Å². The van der Waals surface area contributed by atoms with Crippen LogP contribution < -0.4 is 0 Å². The highest BCUT2D eigenvalue weighted by molar-refractivity contribution is 8.85. The minimum absolute atomic E-state index is 0.296. The van der Waals surface area contributed by atoms with Crippen molar-refractivity contribution in [3.8, 4) is 0 Å². The first-order chi connectivity index (χ1) is 6.20. The van der Waals surface area contributed by atoms with E-state index in [1.165, 1.54) is 0 Å². The van der Waals surface area contributed by atoms with Crippen LogP contribution in [0.2, 0.25) is 0 Å². The van der Waals surface area contributed by atoms with E-state index in [2.05, 4.69) is 13.8 Å². The van der Waals surface area contributed by atoms with Gasteiger partial charge < -0.3 is 9.47 Å². The summed E-state index contributed by atoms with van der Waals surface area (Å²) in [6.07, 6.45) is 0.592. The number of rotatable bonds is 0. The van der Waals surface area contributed by atoms with Gasteiger partial charge in [0.1, 0.15) is 0 Å². The van der Waals surface area contributed by atoms with Crippen molar-refractivity contribution in [2.45, 2.75) is 30.5 Å². The summed E-state index contributed by atoms with van der Waals surface area (Å²) in [5.41, 5.74) is 0. The van der Waals surface area contributed by atoms with Gasteiger partial charge in [0.25, 0.3) is 4.45 Å². The van der Waals surface area contributed by atoms with Crippen molar-refractivity contribution in [1.82, 2.24) is 0 Å². The Morgan fingerprint density at radius 1 is 1.00 bits per heavy atom. The maximum absolute atomic E-state index is 5.85. The van der Waals surface area contributed by atoms with Crippen LogP contribution in [0.15, 0.2) is 0 Å². The highest BCUT2D eigenvalue weighted by Crippen LogP contribution is 2.57. The second-order valence-corrected chi connectivity index (χ2v) is 8.31. The van der Waals surface area contributed by atoms with Crippen LogP contribution in [0.1, 0.15) is 13.8 Å². The lowest BCUT2D eigenvalue weighted by Crippen LogP contribution is -2.40. The Bertz CT molecular complexity index is 169. The molecule has 0 aromatic rings. The Hall–Kier alpha value is 1.32. The minimum Gasteiger partial charge on any atom is -0.328 e. The van der Waals surface area contributed by atoms with Gasteiger partial charge in [-0.15, -0.1) is 0 Å². The van der Waals surface area contributed by atoms with Gasteiger partial charge in [-0.25, -0.2) is 0 Å². The molecule has 2 nitrogen and oxygen atoms in total. The molecule has 76 valence electrons. The lowest BCUT2D eigenvalue weighted by molar-refractivity contribution is -0.149. The van der Waals surface area contributed by atoms with Crippen molar-refractivity contribution in [3.63, 3.8) is 0 Å². The Labute approximate surface area is 94.4 Å². The molecule has 2 unspecified atom stereocenters. The van der Waals surface area contributed by atoms with Gasteiger partial charge in [-0.2, -0.15) is 0 Å². The molecule has 0 amide bonds. The molecule has 1 spiro atoms. The summed E-state index contributed by atoms with van der Waals surface area (Å²) in [5.74, 6) is 2.10.